The molecule has 0 amide bonds. The lowest BCUT2D eigenvalue weighted by Gasteiger charge is -2.09. The third-order valence-corrected chi connectivity index (χ3v) is 4.85. The molecule has 24 heavy (non-hydrogen) atoms. The second kappa shape index (κ2) is 5.48. The van der Waals surface area contributed by atoms with Crippen molar-refractivity contribution in [2.24, 2.45) is 7.05 Å². The molecule has 2 heteroatoms. The minimum atomic E-state index is 0.500. The quantitative estimate of drug-likeness (QED) is 0.446. The van der Waals surface area contributed by atoms with Gasteiger partial charge in [-0.25, -0.2) is 4.57 Å². The molecular weight excluding hydrogens is 294 g/mol. The lowest BCUT2D eigenvalue weighted by atomic mass is 9.97. The van der Waals surface area contributed by atoms with E-state index in [1.165, 1.54) is 33.2 Å². The second-order valence-corrected chi connectivity index (χ2v) is 6.84. The Labute approximate surface area is 142 Å². The Balaban J connectivity index is 2.10. The van der Waals surface area contributed by atoms with E-state index in [9.17, 15) is 0 Å². The molecule has 0 radical (unpaired) electrons. The van der Waals surface area contributed by atoms with Crippen molar-refractivity contribution in [1.82, 2.24) is 0 Å². The third-order valence-electron chi connectivity index (χ3n) is 4.85. The zero-order valence-corrected chi connectivity index (χ0v) is 14.6. The van der Waals surface area contributed by atoms with Crippen molar-refractivity contribution in [3.05, 3.63) is 65.9 Å². The number of aryl methyl sites for hydroxylation is 2. The van der Waals surface area contributed by atoms with Gasteiger partial charge in [0.15, 0.2) is 6.20 Å². The summed E-state index contributed by atoms with van der Waals surface area (Å²) in [6.45, 7) is 6.62. The minimum absolute atomic E-state index is 0.500. The third kappa shape index (κ3) is 2.22. The van der Waals surface area contributed by atoms with E-state index >= 15 is 0 Å². The number of benzene rings is 2. The van der Waals surface area contributed by atoms with Crippen molar-refractivity contribution in [2.45, 2.75) is 26.7 Å². The lowest BCUT2D eigenvalue weighted by Crippen LogP contribution is -2.31. The minimum Gasteiger partial charge on any atom is -0.455 e. The van der Waals surface area contributed by atoms with Crippen LogP contribution in [0.2, 0.25) is 0 Å². The summed E-state index contributed by atoms with van der Waals surface area (Å²) in [5.74, 6) is 0.500. The van der Waals surface area contributed by atoms with Gasteiger partial charge in [0.05, 0.1) is 5.56 Å². The normalized spacial score (nSPS) is 11.7. The predicted octanol–water partition coefficient (Wildman–Crippen LogP) is 5.51. The molecule has 0 atom stereocenters. The van der Waals surface area contributed by atoms with Crippen molar-refractivity contribution >= 4 is 21.9 Å². The molecule has 4 rings (SSSR count). The van der Waals surface area contributed by atoms with Crippen LogP contribution in [0, 0.1) is 6.92 Å². The number of rotatable bonds is 2. The summed E-state index contributed by atoms with van der Waals surface area (Å²) < 4.78 is 8.44. The van der Waals surface area contributed by atoms with Gasteiger partial charge in [-0.2, -0.15) is 0 Å². The molecule has 0 aliphatic carbocycles. The Bertz CT molecular complexity index is 1060. The first kappa shape index (κ1) is 14.9. The molecule has 0 saturated heterocycles. The molecule has 0 N–H and O–H groups in total. The summed E-state index contributed by atoms with van der Waals surface area (Å²) in [4.78, 5) is 0. The van der Waals surface area contributed by atoms with Crippen LogP contribution in [-0.4, -0.2) is 0 Å². The molecule has 120 valence electrons. The van der Waals surface area contributed by atoms with E-state index in [0.717, 1.165) is 11.2 Å². The van der Waals surface area contributed by atoms with Gasteiger partial charge in [0.1, 0.15) is 18.2 Å². The maximum Gasteiger partial charge on any atom is 0.216 e. The van der Waals surface area contributed by atoms with E-state index in [2.05, 4.69) is 75.0 Å². The largest absolute Gasteiger partial charge is 0.455 e. The van der Waals surface area contributed by atoms with Crippen LogP contribution in [0.15, 0.2) is 59.1 Å². The molecule has 0 aliphatic heterocycles. The highest BCUT2D eigenvalue weighted by atomic mass is 16.3. The maximum absolute atomic E-state index is 6.26. The smallest absolute Gasteiger partial charge is 0.216 e. The van der Waals surface area contributed by atoms with Crippen molar-refractivity contribution in [3.8, 4) is 11.3 Å². The van der Waals surface area contributed by atoms with E-state index in [0.29, 0.717) is 5.92 Å². The average Bonchev–Trinajstić information content (AvgIpc) is 2.94. The predicted molar refractivity (Wildman–Crippen MR) is 99.2 cm³/mol. The van der Waals surface area contributed by atoms with Gasteiger partial charge < -0.3 is 4.42 Å². The van der Waals surface area contributed by atoms with Crippen molar-refractivity contribution in [2.75, 3.05) is 0 Å². The molecule has 0 fully saturated rings. The molecule has 0 spiro atoms. The Morgan fingerprint density at radius 3 is 2.54 bits per heavy atom. The first-order valence-electron chi connectivity index (χ1n) is 8.47. The molecule has 2 nitrogen and oxygen atoms in total. The van der Waals surface area contributed by atoms with E-state index in [1.54, 1.807) is 0 Å². The van der Waals surface area contributed by atoms with Crippen LogP contribution in [0.5, 0.6) is 0 Å². The molecule has 2 aromatic heterocycles. The van der Waals surface area contributed by atoms with Gasteiger partial charge in [0.2, 0.25) is 5.69 Å². The SMILES string of the molecule is Cc1ccc2c(oc3ccccc32)c1-c1cc(C(C)C)cc[n+]1C. The maximum atomic E-state index is 6.26. The first-order valence-corrected chi connectivity index (χ1v) is 8.47. The van der Waals surface area contributed by atoms with E-state index in [1.807, 2.05) is 12.1 Å². The van der Waals surface area contributed by atoms with E-state index in [-0.39, 0.29) is 0 Å². The van der Waals surface area contributed by atoms with E-state index < -0.39 is 0 Å². The van der Waals surface area contributed by atoms with Crippen LogP contribution in [-0.2, 0) is 7.05 Å². The highest BCUT2D eigenvalue weighted by Gasteiger charge is 2.21. The summed E-state index contributed by atoms with van der Waals surface area (Å²) in [5.41, 5.74) is 6.89. The summed E-state index contributed by atoms with van der Waals surface area (Å²) in [5, 5.41) is 2.36. The van der Waals surface area contributed by atoms with Crippen LogP contribution in [0.3, 0.4) is 0 Å². The summed E-state index contributed by atoms with van der Waals surface area (Å²) in [6, 6.07) is 17.1. The molecule has 0 unspecified atom stereocenters. The van der Waals surface area contributed by atoms with Crippen LogP contribution in [0.1, 0.15) is 30.9 Å². The summed E-state index contributed by atoms with van der Waals surface area (Å²) in [7, 11) is 2.10. The number of fused-ring (bicyclic) bond motifs is 3. The number of para-hydroxylation sites is 1. The number of furan rings is 1. The molecule has 2 aromatic carbocycles. The Morgan fingerprint density at radius 1 is 0.958 bits per heavy atom. The highest BCUT2D eigenvalue weighted by molar-refractivity contribution is 6.09. The van der Waals surface area contributed by atoms with Crippen LogP contribution in [0.4, 0.5) is 0 Å². The zero-order chi connectivity index (χ0) is 16.8. The Kier molecular flexibility index (Phi) is 3.42. The van der Waals surface area contributed by atoms with Gasteiger partial charge >= 0.3 is 0 Å². The van der Waals surface area contributed by atoms with Crippen molar-refractivity contribution < 1.29 is 8.98 Å². The molecular formula is C22H22NO+. The standard InChI is InChI=1S/C22H22NO/c1-14(2)16-11-12-23(4)19(13-16)21-15(3)9-10-18-17-7-5-6-8-20(17)24-22(18)21/h5-14H,1-4H3/q+1. The van der Waals surface area contributed by atoms with Crippen LogP contribution < -0.4 is 4.57 Å². The van der Waals surface area contributed by atoms with Gasteiger partial charge in [-0.1, -0.05) is 44.2 Å². The van der Waals surface area contributed by atoms with Gasteiger partial charge in [0.25, 0.3) is 0 Å². The Hall–Kier alpha value is -2.61. The van der Waals surface area contributed by atoms with Crippen molar-refractivity contribution in [1.29, 1.82) is 0 Å². The number of nitrogens with zero attached hydrogens (tertiary/aromatic N) is 1. The number of hydrogen-bond donors (Lipinski definition) is 0. The highest BCUT2D eigenvalue weighted by Crippen LogP contribution is 2.37. The number of aromatic nitrogens is 1. The topological polar surface area (TPSA) is 17.0 Å². The summed E-state index contributed by atoms with van der Waals surface area (Å²) >= 11 is 0. The Morgan fingerprint density at radius 2 is 1.75 bits per heavy atom. The number of hydrogen-bond acceptors (Lipinski definition) is 1. The summed E-state index contributed by atoms with van der Waals surface area (Å²) in [6.07, 6.45) is 2.14. The first-order chi connectivity index (χ1) is 11.6. The fourth-order valence-electron chi connectivity index (χ4n) is 3.40. The molecule has 4 aromatic rings. The molecule has 0 saturated carbocycles. The second-order valence-electron chi connectivity index (χ2n) is 6.84. The monoisotopic (exact) mass is 316 g/mol. The van der Waals surface area contributed by atoms with E-state index in [4.69, 9.17) is 4.42 Å². The zero-order valence-electron chi connectivity index (χ0n) is 14.6. The van der Waals surface area contributed by atoms with Crippen LogP contribution >= 0.6 is 0 Å². The molecule has 0 bridgehead atoms. The van der Waals surface area contributed by atoms with Gasteiger partial charge in [0, 0.05) is 22.9 Å². The fourth-order valence-corrected chi connectivity index (χ4v) is 3.40. The van der Waals surface area contributed by atoms with Gasteiger partial charge in [-0.3, -0.25) is 0 Å². The average molecular weight is 316 g/mol. The van der Waals surface area contributed by atoms with Crippen LogP contribution in [0.25, 0.3) is 33.2 Å². The number of pyridine rings is 1. The fraction of sp³-hybridized carbons (Fsp3) is 0.227. The van der Waals surface area contributed by atoms with Crippen molar-refractivity contribution in [3.63, 3.8) is 0 Å². The lowest BCUT2D eigenvalue weighted by molar-refractivity contribution is -0.660. The molecule has 2 heterocycles. The van der Waals surface area contributed by atoms with Gasteiger partial charge in [-0.15, -0.1) is 0 Å². The molecule has 0 aliphatic rings. The van der Waals surface area contributed by atoms with Gasteiger partial charge in [-0.05, 0) is 30.0 Å².